The van der Waals surface area contributed by atoms with Crippen LogP contribution in [0.3, 0.4) is 0 Å². The third-order valence-electron chi connectivity index (χ3n) is 2.91. The van der Waals surface area contributed by atoms with Crippen LogP contribution in [0.4, 0.5) is 4.39 Å². The van der Waals surface area contributed by atoms with Crippen molar-refractivity contribution in [3.05, 3.63) is 45.4 Å². The predicted octanol–water partition coefficient (Wildman–Crippen LogP) is 3.38. The standard InChI is InChI=1S/C12H11BrClFN2O2S/c1-7-12(20(14,18)19)8(2)17(16-7)6-9-4-3-5-10(15)11(9)13/h3-5H,6H2,1-2H3. The lowest BCUT2D eigenvalue weighted by Crippen LogP contribution is -2.06. The van der Waals surface area contributed by atoms with Gasteiger partial charge in [-0.1, -0.05) is 12.1 Å². The van der Waals surface area contributed by atoms with Crippen LogP contribution in [0, 0.1) is 19.7 Å². The second-order valence-electron chi connectivity index (χ2n) is 4.31. The Labute approximate surface area is 129 Å². The minimum absolute atomic E-state index is 0.00620. The third kappa shape index (κ3) is 2.89. The first-order valence-corrected chi connectivity index (χ1v) is 8.73. The lowest BCUT2D eigenvalue weighted by Gasteiger charge is -2.07. The molecule has 0 saturated carbocycles. The Kier molecular flexibility index (Phi) is 4.22. The van der Waals surface area contributed by atoms with Crippen LogP contribution >= 0.6 is 26.6 Å². The fourth-order valence-electron chi connectivity index (χ4n) is 2.02. The smallest absolute Gasteiger partial charge is 0.264 e. The van der Waals surface area contributed by atoms with Crippen molar-refractivity contribution in [3.8, 4) is 0 Å². The Balaban J connectivity index is 2.49. The molecule has 0 bridgehead atoms. The zero-order chi connectivity index (χ0) is 15.1. The highest BCUT2D eigenvalue weighted by Gasteiger charge is 2.22. The van der Waals surface area contributed by atoms with Crippen LogP contribution in [-0.2, 0) is 15.6 Å². The van der Waals surface area contributed by atoms with Crippen molar-refractivity contribution in [1.82, 2.24) is 9.78 Å². The van der Waals surface area contributed by atoms with Gasteiger partial charge < -0.3 is 0 Å². The molecule has 0 spiro atoms. The summed E-state index contributed by atoms with van der Waals surface area (Å²) in [5.41, 5.74) is 1.41. The molecule has 20 heavy (non-hydrogen) atoms. The first-order valence-electron chi connectivity index (χ1n) is 5.63. The molecule has 0 atom stereocenters. The van der Waals surface area contributed by atoms with Gasteiger partial charge in [-0.2, -0.15) is 5.10 Å². The maximum absolute atomic E-state index is 13.5. The van der Waals surface area contributed by atoms with E-state index in [9.17, 15) is 12.8 Å². The molecule has 0 saturated heterocycles. The second kappa shape index (κ2) is 5.46. The predicted molar refractivity (Wildman–Crippen MR) is 77.9 cm³/mol. The normalized spacial score (nSPS) is 11.8. The van der Waals surface area contributed by atoms with Crippen LogP contribution in [0.25, 0.3) is 0 Å². The second-order valence-corrected chi connectivity index (χ2v) is 7.60. The summed E-state index contributed by atoms with van der Waals surface area (Å²) in [7, 11) is 1.54. The summed E-state index contributed by atoms with van der Waals surface area (Å²) < 4.78 is 38.3. The van der Waals surface area contributed by atoms with Crippen LogP contribution in [0.1, 0.15) is 17.0 Å². The van der Waals surface area contributed by atoms with Crippen LogP contribution in [-0.4, -0.2) is 18.2 Å². The quantitative estimate of drug-likeness (QED) is 0.766. The van der Waals surface area contributed by atoms with Crippen molar-refractivity contribution in [1.29, 1.82) is 0 Å². The summed E-state index contributed by atoms with van der Waals surface area (Å²) in [5.74, 6) is -0.380. The van der Waals surface area contributed by atoms with Gasteiger partial charge in [-0.25, -0.2) is 12.8 Å². The highest BCUT2D eigenvalue weighted by Crippen LogP contribution is 2.26. The Morgan fingerprint density at radius 3 is 2.60 bits per heavy atom. The van der Waals surface area contributed by atoms with Crippen molar-refractivity contribution >= 4 is 35.7 Å². The van der Waals surface area contributed by atoms with E-state index in [1.54, 1.807) is 26.0 Å². The van der Waals surface area contributed by atoms with Crippen LogP contribution in [0.15, 0.2) is 27.6 Å². The molecule has 108 valence electrons. The fraction of sp³-hybridized carbons (Fsp3) is 0.250. The van der Waals surface area contributed by atoms with E-state index in [1.807, 2.05) is 0 Å². The Morgan fingerprint density at radius 1 is 1.40 bits per heavy atom. The van der Waals surface area contributed by atoms with E-state index in [2.05, 4.69) is 21.0 Å². The van der Waals surface area contributed by atoms with Crippen molar-refractivity contribution in [3.63, 3.8) is 0 Å². The first-order chi connectivity index (χ1) is 9.21. The number of benzene rings is 1. The van der Waals surface area contributed by atoms with Crippen molar-refractivity contribution in [2.45, 2.75) is 25.3 Å². The van der Waals surface area contributed by atoms with Crippen LogP contribution in [0.5, 0.6) is 0 Å². The van der Waals surface area contributed by atoms with Gasteiger partial charge in [0.05, 0.1) is 22.4 Å². The summed E-state index contributed by atoms with van der Waals surface area (Å²) >= 11 is 3.17. The van der Waals surface area contributed by atoms with Crippen molar-refractivity contribution in [2.24, 2.45) is 0 Å². The number of halogens is 3. The molecule has 0 radical (unpaired) electrons. The Morgan fingerprint density at radius 2 is 2.05 bits per heavy atom. The van der Waals surface area contributed by atoms with E-state index in [-0.39, 0.29) is 17.3 Å². The van der Waals surface area contributed by atoms with Crippen molar-refractivity contribution in [2.75, 3.05) is 0 Å². The van der Waals surface area contributed by atoms with E-state index >= 15 is 0 Å². The van der Waals surface area contributed by atoms with Gasteiger partial charge in [-0.05, 0) is 41.4 Å². The molecule has 0 fully saturated rings. The van der Waals surface area contributed by atoms with E-state index in [0.29, 0.717) is 21.4 Å². The number of hydrogen-bond donors (Lipinski definition) is 0. The monoisotopic (exact) mass is 380 g/mol. The Bertz CT molecular complexity index is 774. The van der Waals surface area contributed by atoms with Crippen LogP contribution in [0.2, 0.25) is 0 Å². The summed E-state index contributed by atoms with van der Waals surface area (Å²) in [5, 5.41) is 4.15. The first kappa shape index (κ1) is 15.5. The van der Waals surface area contributed by atoms with Gasteiger partial charge in [-0.15, -0.1) is 0 Å². The molecule has 0 aliphatic rings. The van der Waals surface area contributed by atoms with E-state index in [0.717, 1.165) is 0 Å². The molecule has 0 aliphatic heterocycles. The average molecular weight is 382 g/mol. The summed E-state index contributed by atoms with van der Waals surface area (Å²) in [6, 6.07) is 4.65. The molecule has 0 amide bonds. The topological polar surface area (TPSA) is 52.0 Å². The highest BCUT2D eigenvalue weighted by atomic mass is 79.9. The van der Waals surface area contributed by atoms with E-state index < -0.39 is 9.05 Å². The number of hydrogen-bond acceptors (Lipinski definition) is 3. The SMILES string of the molecule is Cc1nn(Cc2cccc(F)c2Br)c(C)c1S(=O)(=O)Cl. The molecule has 2 rings (SSSR count). The third-order valence-corrected chi connectivity index (χ3v) is 5.34. The molecule has 0 N–H and O–H groups in total. The molecular weight excluding hydrogens is 371 g/mol. The van der Waals surface area contributed by atoms with Crippen molar-refractivity contribution < 1.29 is 12.8 Å². The molecule has 0 aliphatic carbocycles. The minimum atomic E-state index is -3.85. The summed E-state index contributed by atoms with van der Waals surface area (Å²) in [4.78, 5) is 0.00620. The number of nitrogens with zero attached hydrogens (tertiary/aromatic N) is 2. The molecule has 1 aromatic heterocycles. The summed E-state index contributed by atoms with van der Waals surface area (Å²) in [6.45, 7) is 3.43. The van der Waals surface area contributed by atoms with Gasteiger partial charge in [0.15, 0.2) is 0 Å². The van der Waals surface area contributed by atoms with E-state index in [1.165, 1.54) is 10.7 Å². The minimum Gasteiger partial charge on any atom is -0.264 e. The zero-order valence-electron chi connectivity index (χ0n) is 10.7. The molecule has 1 heterocycles. The number of aromatic nitrogens is 2. The number of rotatable bonds is 3. The highest BCUT2D eigenvalue weighted by molar-refractivity contribution is 9.10. The lowest BCUT2D eigenvalue weighted by molar-refractivity contribution is 0.603. The van der Waals surface area contributed by atoms with Gasteiger partial charge >= 0.3 is 0 Å². The van der Waals surface area contributed by atoms with Gasteiger partial charge in [0.25, 0.3) is 9.05 Å². The average Bonchev–Trinajstić information content (AvgIpc) is 2.59. The maximum atomic E-state index is 13.5. The molecular formula is C12H11BrClFN2O2S. The molecule has 2 aromatic rings. The van der Waals surface area contributed by atoms with Gasteiger partial charge in [0, 0.05) is 10.7 Å². The molecule has 4 nitrogen and oxygen atoms in total. The lowest BCUT2D eigenvalue weighted by atomic mass is 10.2. The molecule has 8 heteroatoms. The number of aryl methyl sites for hydroxylation is 1. The summed E-state index contributed by atoms with van der Waals surface area (Å²) in [6.07, 6.45) is 0. The largest absolute Gasteiger partial charge is 0.264 e. The van der Waals surface area contributed by atoms with Gasteiger partial charge in [-0.3, -0.25) is 4.68 Å². The maximum Gasteiger partial charge on any atom is 0.264 e. The Hall–Kier alpha value is -0.920. The fourth-order valence-corrected chi connectivity index (χ4v) is 3.93. The van der Waals surface area contributed by atoms with Crippen LogP contribution < -0.4 is 0 Å². The molecule has 1 aromatic carbocycles. The molecule has 0 unspecified atom stereocenters. The van der Waals surface area contributed by atoms with E-state index in [4.69, 9.17) is 10.7 Å². The van der Waals surface area contributed by atoms with Gasteiger partial charge in [0.1, 0.15) is 10.7 Å². The zero-order valence-corrected chi connectivity index (χ0v) is 13.9. The van der Waals surface area contributed by atoms with Gasteiger partial charge in [0.2, 0.25) is 0 Å².